The molecule has 1 aromatic carbocycles. The average Bonchev–Trinajstić information content (AvgIpc) is 2.15. The van der Waals surface area contributed by atoms with Crippen molar-refractivity contribution in [3.05, 3.63) is 28.8 Å². The Morgan fingerprint density at radius 1 is 1.47 bits per heavy atom. The molecule has 0 aromatic heterocycles. The van der Waals surface area contributed by atoms with Crippen LogP contribution in [0.5, 0.6) is 5.75 Å². The highest BCUT2D eigenvalue weighted by atomic mass is 35.5. The van der Waals surface area contributed by atoms with Crippen LogP contribution in [0.3, 0.4) is 0 Å². The van der Waals surface area contributed by atoms with E-state index < -0.39 is 0 Å². The predicted molar refractivity (Wildman–Crippen MR) is 61.7 cm³/mol. The summed E-state index contributed by atoms with van der Waals surface area (Å²) in [5.74, 6) is 1.08. The van der Waals surface area contributed by atoms with E-state index in [2.05, 4.69) is 13.8 Å². The van der Waals surface area contributed by atoms with E-state index in [0.717, 1.165) is 11.3 Å². The first-order valence-corrected chi connectivity index (χ1v) is 5.30. The van der Waals surface area contributed by atoms with E-state index in [4.69, 9.17) is 16.3 Å². The van der Waals surface area contributed by atoms with E-state index >= 15 is 0 Å². The molecule has 3 heteroatoms. The van der Waals surface area contributed by atoms with Crippen molar-refractivity contribution in [1.29, 1.82) is 0 Å². The highest BCUT2D eigenvalue weighted by Crippen LogP contribution is 2.29. The van der Waals surface area contributed by atoms with Gasteiger partial charge >= 0.3 is 0 Å². The molecule has 0 amide bonds. The van der Waals surface area contributed by atoms with Crippen LogP contribution in [0.4, 0.5) is 0 Å². The summed E-state index contributed by atoms with van der Waals surface area (Å²) in [6.45, 7) is 5.74. The molecule has 0 radical (unpaired) electrons. The Hall–Kier alpha value is -1.02. The van der Waals surface area contributed by atoms with E-state index in [-0.39, 0.29) is 12.4 Å². The first kappa shape index (κ1) is 12.1. The zero-order valence-corrected chi connectivity index (χ0v) is 9.97. The molecular weight excluding hydrogens is 212 g/mol. The number of carbonyl (C=O) groups is 1. The lowest BCUT2D eigenvalue weighted by Gasteiger charge is -2.13. The summed E-state index contributed by atoms with van der Waals surface area (Å²) in [5, 5.41) is 0.689. The maximum atomic E-state index is 10.8. The summed E-state index contributed by atoms with van der Waals surface area (Å²) in [5.41, 5.74) is 1.03. The lowest BCUT2D eigenvalue weighted by molar-refractivity contribution is -0.118. The van der Waals surface area contributed by atoms with Crippen molar-refractivity contribution >= 4 is 17.4 Å². The fourth-order valence-corrected chi connectivity index (χ4v) is 1.46. The molecule has 0 saturated heterocycles. The Kier molecular flexibility index (Phi) is 4.15. The zero-order chi connectivity index (χ0) is 11.4. The second-order valence-electron chi connectivity index (χ2n) is 3.83. The molecule has 0 aliphatic heterocycles. The van der Waals surface area contributed by atoms with Crippen LogP contribution >= 0.6 is 11.6 Å². The van der Waals surface area contributed by atoms with Crippen molar-refractivity contribution < 1.29 is 9.53 Å². The van der Waals surface area contributed by atoms with Crippen LogP contribution < -0.4 is 4.74 Å². The van der Waals surface area contributed by atoms with Gasteiger partial charge in [-0.15, -0.1) is 0 Å². The van der Waals surface area contributed by atoms with Gasteiger partial charge in [0, 0.05) is 5.02 Å². The van der Waals surface area contributed by atoms with Crippen LogP contribution in [0.25, 0.3) is 0 Å². The first-order valence-electron chi connectivity index (χ1n) is 4.92. The molecule has 0 aliphatic carbocycles. The maximum absolute atomic E-state index is 10.8. The monoisotopic (exact) mass is 226 g/mol. The lowest BCUT2D eigenvalue weighted by Crippen LogP contribution is -2.08. The van der Waals surface area contributed by atoms with Gasteiger partial charge < -0.3 is 4.74 Å². The van der Waals surface area contributed by atoms with Gasteiger partial charge in [-0.25, -0.2) is 0 Å². The SMILES string of the molecule is CC(=O)COc1ccc(Cl)cc1C(C)C. The number of benzene rings is 1. The summed E-state index contributed by atoms with van der Waals surface area (Å²) in [6, 6.07) is 5.45. The highest BCUT2D eigenvalue weighted by molar-refractivity contribution is 6.30. The van der Waals surface area contributed by atoms with Gasteiger partial charge in [0.15, 0.2) is 5.78 Å². The van der Waals surface area contributed by atoms with Gasteiger partial charge in [-0.3, -0.25) is 4.79 Å². The van der Waals surface area contributed by atoms with Gasteiger partial charge in [0.25, 0.3) is 0 Å². The van der Waals surface area contributed by atoms with Crippen LogP contribution in [0.2, 0.25) is 5.02 Å². The standard InChI is InChI=1S/C12H15ClO2/c1-8(2)11-6-10(13)4-5-12(11)15-7-9(3)14/h4-6,8H,7H2,1-3H3. The Morgan fingerprint density at radius 3 is 2.67 bits per heavy atom. The molecule has 0 bridgehead atoms. The quantitative estimate of drug-likeness (QED) is 0.786. The topological polar surface area (TPSA) is 26.3 Å². The van der Waals surface area contributed by atoms with Crippen LogP contribution in [0, 0.1) is 0 Å². The summed E-state index contributed by atoms with van der Waals surface area (Å²) in [7, 11) is 0. The second kappa shape index (κ2) is 5.17. The number of ketones is 1. The zero-order valence-electron chi connectivity index (χ0n) is 9.21. The first-order chi connectivity index (χ1) is 7.00. The van der Waals surface area contributed by atoms with Crippen molar-refractivity contribution in [2.24, 2.45) is 0 Å². The van der Waals surface area contributed by atoms with E-state index in [9.17, 15) is 4.79 Å². The smallest absolute Gasteiger partial charge is 0.167 e. The largest absolute Gasteiger partial charge is 0.486 e. The Balaban J connectivity index is 2.90. The Labute approximate surface area is 95.2 Å². The number of carbonyl (C=O) groups excluding carboxylic acids is 1. The second-order valence-corrected chi connectivity index (χ2v) is 4.26. The molecule has 1 aromatic rings. The summed E-state index contributed by atoms with van der Waals surface area (Å²) in [6.07, 6.45) is 0. The predicted octanol–water partition coefficient (Wildman–Crippen LogP) is 3.43. The molecule has 0 heterocycles. The molecule has 2 nitrogen and oxygen atoms in total. The van der Waals surface area contributed by atoms with Crippen LogP contribution in [0.1, 0.15) is 32.3 Å². The van der Waals surface area contributed by atoms with Gasteiger partial charge in [0.05, 0.1) is 0 Å². The molecule has 0 spiro atoms. The number of ether oxygens (including phenoxy) is 1. The Bertz CT molecular complexity index is 359. The molecule has 0 aliphatic rings. The fraction of sp³-hybridized carbons (Fsp3) is 0.417. The van der Waals surface area contributed by atoms with Crippen molar-refractivity contribution in [1.82, 2.24) is 0 Å². The molecule has 0 atom stereocenters. The maximum Gasteiger partial charge on any atom is 0.167 e. The third-order valence-corrected chi connectivity index (χ3v) is 2.26. The number of halogens is 1. The molecule has 0 N–H and O–H groups in total. The molecule has 82 valence electrons. The molecule has 0 fully saturated rings. The number of hydrogen-bond donors (Lipinski definition) is 0. The molecule has 1 rings (SSSR count). The minimum absolute atomic E-state index is 0.0136. The van der Waals surface area contributed by atoms with Crippen molar-refractivity contribution in [3.63, 3.8) is 0 Å². The van der Waals surface area contributed by atoms with Crippen LogP contribution in [0.15, 0.2) is 18.2 Å². The van der Waals surface area contributed by atoms with Crippen LogP contribution in [-0.4, -0.2) is 12.4 Å². The summed E-state index contributed by atoms with van der Waals surface area (Å²) in [4.78, 5) is 10.8. The lowest BCUT2D eigenvalue weighted by atomic mass is 10.0. The number of hydrogen-bond acceptors (Lipinski definition) is 2. The van der Waals surface area contributed by atoms with Crippen molar-refractivity contribution in [2.45, 2.75) is 26.7 Å². The third-order valence-electron chi connectivity index (χ3n) is 2.02. The van der Waals surface area contributed by atoms with E-state index in [0.29, 0.717) is 10.9 Å². The number of Topliss-reactive ketones (excluding diaryl/α,β-unsaturated/α-hetero) is 1. The molecule has 0 unspecified atom stereocenters. The molecule has 0 saturated carbocycles. The van der Waals surface area contributed by atoms with Gasteiger partial charge in [0.2, 0.25) is 0 Å². The van der Waals surface area contributed by atoms with Crippen LogP contribution in [-0.2, 0) is 4.79 Å². The van der Waals surface area contributed by atoms with Gasteiger partial charge in [-0.2, -0.15) is 0 Å². The third kappa shape index (κ3) is 3.56. The van der Waals surface area contributed by atoms with Gasteiger partial charge in [-0.1, -0.05) is 25.4 Å². The van der Waals surface area contributed by atoms with E-state index in [1.807, 2.05) is 6.07 Å². The Morgan fingerprint density at radius 2 is 2.13 bits per heavy atom. The van der Waals surface area contributed by atoms with E-state index in [1.54, 1.807) is 12.1 Å². The van der Waals surface area contributed by atoms with Crippen molar-refractivity contribution in [3.8, 4) is 5.75 Å². The number of rotatable bonds is 4. The summed E-state index contributed by atoms with van der Waals surface area (Å²) >= 11 is 5.90. The van der Waals surface area contributed by atoms with Crippen molar-refractivity contribution in [2.75, 3.05) is 6.61 Å². The minimum atomic E-state index is 0.0136. The normalized spacial score (nSPS) is 10.5. The van der Waals surface area contributed by atoms with E-state index in [1.165, 1.54) is 6.92 Å². The average molecular weight is 227 g/mol. The van der Waals surface area contributed by atoms with Gasteiger partial charge in [0.1, 0.15) is 12.4 Å². The minimum Gasteiger partial charge on any atom is -0.486 e. The van der Waals surface area contributed by atoms with Gasteiger partial charge in [-0.05, 0) is 36.6 Å². The molecular formula is C12H15ClO2. The summed E-state index contributed by atoms with van der Waals surface area (Å²) < 4.78 is 5.41. The highest BCUT2D eigenvalue weighted by Gasteiger charge is 2.09. The molecule has 15 heavy (non-hydrogen) atoms. The fourth-order valence-electron chi connectivity index (χ4n) is 1.28.